The highest BCUT2D eigenvalue weighted by Gasteiger charge is 2.33. The molecule has 1 aliphatic heterocycles. The number of hydrogen-bond donors (Lipinski definition) is 1. The summed E-state index contributed by atoms with van der Waals surface area (Å²) in [7, 11) is -3.29. The van der Waals surface area contributed by atoms with Crippen LogP contribution in [0.15, 0.2) is 48.7 Å². The molecule has 32 heavy (non-hydrogen) atoms. The molecule has 2 aliphatic rings. The van der Waals surface area contributed by atoms with Gasteiger partial charge in [-0.25, -0.2) is 22.5 Å². The number of ether oxygens (including phenoxy) is 1. The first-order valence-electron chi connectivity index (χ1n) is 11.4. The van der Waals surface area contributed by atoms with Crippen LogP contribution in [0.1, 0.15) is 43.6 Å². The van der Waals surface area contributed by atoms with Crippen LogP contribution in [-0.2, 0) is 14.8 Å². The lowest BCUT2D eigenvalue weighted by molar-refractivity contribution is -0.00214. The van der Waals surface area contributed by atoms with Crippen LogP contribution in [0.25, 0.3) is 0 Å². The fourth-order valence-corrected chi connectivity index (χ4v) is 5.82. The zero-order valence-electron chi connectivity index (χ0n) is 18.5. The first-order valence-corrected chi connectivity index (χ1v) is 13.3. The quantitative estimate of drug-likeness (QED) is 0.681. The van der Waals surface area contributed by atoms with Gasteiger partial charge in [-0.15, -0.1) is 0 Å². The lowest BCUT2D eigenvalue weighted by atomic mass is 9.82. The highest BCUT2D eigenvalue weighted by atomic mass is 32.2. The summed E-state index contributed by atoms with van der Waals surface area (Å²) in [4.78, 5) is 6.65. The molecule has 0 bridgehead atoms. The summed E-state index contributed by atoms with van der Waals surface area (Å²) in [6.07, 6.45) is 7.67. The van der Waals surface area contributed by atoms with Crippen LogP contribution < -0.4 is 9.62 Å². The first-order chi connectivity index (χ1) is 15.4. The standard InChI is InChI=1S/C24H32FN3O3S/c1-32(29,30)27-23-12-14-28(24-7-2-3-13-26-24)16-20(23)17-31-22-10-8-18(9-11-22)19-5-4-6-21(25)15-19/h2-7,13,15,18,20,22-23,27H,8-12,14,16-17H2,1H3/t18-,20-,22+,23-/m0/s1. The van der Waals surface area contributed by atoms with Crippen molar-refractivity contribution in [1.29, 1.82) is 0 Å². The second-order valence-corrected chi connectivity index (χ2v) is 10.8. The highest BCUT2D eigenvalue weighted by Crippen LogP contribution is 2.34. The zero-order chi connectivity index (χ0) is 22.6. The Morgan fingerprint density at radius 2 is 1.94 bits per heavy atom. The van der Waals surface area contributed by atoms with Gasteiger partial charge in [-0.3, -0.25) is 0 Å². The van der Waals surface area contributed by atoms with E-state index in [2.05, 4.69) is 14.6 Å². The lowest BCUT2D eigenvalue weighted by Gasteiger charge is -2.40. The molecule has 1 aliphatic carbocycles. The molecule has 2 heterocycles. The predicted molar refractivity (Wildman–Crippen MR) is 124 cm³/mol. The minimum atomic E-state index is -3.29. The van der Waals surface area contributed by atoms with E-state index >= 15 is 0 Å². The van der Waals surface area contributed by atoms with E-state index in [1.54, 1.807) is 18.3 Å². The van der Waals surface area contributed by atoms with Gasteiger partial charge >= 0.3 is 0 Å². The van der Waals surface area contributed by atoms with Crippen LogP contribution in [0.3, 0.4) is 0 Å². The maximum absolute atomic E-state index is 13.6. The van der Waals surface area contributed by atoms with Crippen molar-refractivity contribution in [2.24, 2.45) is 5.92 Å². The van der Waals surface area contributed by atoms with Crippen molar-refractivity contribution in [2.75, 3.05) is 30.9 Å². The minimum absolute atomic E-state index is 0.0430. The Morgan fingerprint density at radius 1 is 1.12 bits per heavy atom. The van der Waals surface area contributed by atoms with Gasteiger partial charge in [0.15, 0.2) is 0 Å². The fraction of sp³-hybridized carbons (Fsp3) is 0.542. The second-order valence-electron chi connectivity index (χ2n) is 9.04. The molecule has 1 saturated heterocycles. The molecule has 4 rings (SSSR count). The molecule has 2 fully saturated rings. The number of halogens is 1. The van der Waals surface area contributed by atoms with E-state index in [9.17, 15) is 12.8 Å². The van der Waals surface area contributed by atoms with Gasteiger partial charge in [-0.1, -0.05) is 18.2 Å². The third-order valence-electron chi connectivity index (χ3n) is 6.61. The molecular formula is C24H32FN3O3S. The number of nitrogens with zero attached hydrogens (tertiary/aromatic N) is 2. The number of aromatic nitrogens is 1. The van der Waals surface area contributed by atoms with Crippen LogP contribution in [0.2, 0.25) is 0 Å². The van der Waals surface area contributed by atoms with Crippen LogP contribution in [0.5, 0.6) is 0 Å². The molecule has 8 heteroatoms. The largest absolute Gasteiger partial charge is 0.378 e. The summed E-state index contributed by atoms with van der Waals surface area (Å²) >= 11 is 0. The van der Waals surface area contributed by atoms with Gasteiger partial charge in [-0.2, -0.15) is 0 Å². The van der Waals surface area contributed by atoms with E-state index in [0.29, 0.717) is 25.5 Å². The van der Waals surface area contributed by atoms with E-state index < -0.39 is 10.0 Å². The zero-order valence-corrected chi connectivity index (χ0v) is 19.3. The lowest BCUT2D eigenvalue weighted by Crippen LogP contribution is -2.52. The summed E-state index contributed by atoms with van der Waals surface area (Å²) in [5.74, 6) is 1.15. The van der Waals surface area contributed by atoms with Crippen LogP contribution in [0.4, 0.5) is 10.2 Å². The molecule has 174 valence electrons. The van der Waals surface area contributed by atoms with Gasteiger partial charge in [0.05, 0.1) is 19.0 Å². The van der Waals surface area contributed by atoms with Crippen LogP contribution in [-0.4, -0.2) is 51.5 Å². The average molecular weight is 462 g/mol. The molecule has 0 radical (unpaired) electrons. The van der Waals surface area contributed by atoms with E-state index in [1.165, 1.54) is 12.3 Å². The summed E-state index contributed by atoms with van der Waals surface area (Å²) in [5, 5.41) is 0. The number of anilines is 1. The summed E-state index contributed by atoms with van der Waals surface area (Å²) in [6.45, 7) is 1.95. The van der Waals surface area contributed by atoms with Crippen molar-refractivity contribution in [3.8, 4) is 0 Å². The Bertz CT molecular complexity index is 981. The van der Waals surface area contributed by atoms with Gasteiger partial charge in [0.25, 0.3) is 0 Å². The molecule has 2 aromatic rings. The molecule has 0 unspecified atom stereocenters. The number of hydrogen-bond acceptors (Lipinski definition) is 5. The predicted octanol–water partition coefficient (Wildman–Crippen LogP) is 3.71. The first kappa shape index (κ1) is 23.1. The Balaban J connectivity index is 1.34. The van der Waals surface area contributed by atoms with E-state index in [4.69, 9.17) is 4.74 Å². The Kier molecular flexibility index (Phi) is 7.43. The molecule has 2 atom stereocenters. The topological polar surface area (TPSA) is 71.5 Å². The number of rotatable bonds is 7. The third kappa shape index (κ3) is 6.27. The summed E-state index contributed by atoms with van der Waals surface area (Å²) in [5.41, 5.74) is 1.07. The molecule has 1 aromatic carbocycles. The van der Waals surface area contributed by atoms with Crippen molar-refractivity contribution >= 4 is 15.8 Å². The van der Waals surface area contributed by atoms with E-state index in [-0.39, 0.29) is 23.9 Å². The molecule has 1 N–H and O–H groups in total. The van der Waals surface area contributed by atoms with Crippen molar-refractivity contribution in [3.05, 3.63) is 60.0 Å². The summed E-state index contributed by atoms with van der Waals surface area (Å²) < 4.78 is 46.5. The normalized spacial score (nSPS) is 26.8. The SMILES string of the molecule is CS(=O)(=O)N[C@H]1CCN(c2ccccn2)C[C@H]1CO[C@H]1CC[C@@H](c2cccc(F)c2)CC1. The fourth-order valence-electron chi connectivity index (χ4n) is 4.96. The van der Waals surface area contributed by atoms with Crippen molar-refractivity contribution in [1.82, 2.24) is 9.71 Å². The molecule has 0 spiro atoms. The maximum atomic E-state index is 13.6. The molecule has 0 amide bonds. The van der Waals surface area contributed by atoms with Gasteiger partial charge in [-0.05, 0) is 67.9 Å². The molecule has 1 aromatic heterocycles. The average Bonchev–Trinajstić information content (AvgIpc) is 2.78. The molecule has 6 nitrogen and oxygen atoms in total. The number of piperidine rings is 1. The van der Waals surface area contributed by atoms with Gasteiger partial charge in [0.2, 0.25) is 10.0 Å². The number of sulfonamides is 1. The van der Waals surface area contributed by atoms with Gasteiger partial charge < -0.3 is 9.64 Å². The third-order valence-corrected chi connectivity index (χ3v) is 7.34. The van der Waals surface area contributed by atoms with Gasteiger partial charge in [0.1, 0.15) is 11.6 Å². The smallest absolute Gasteiger partial charge is 0.208 e. The van der Waals surface area contributed by atoms with Crippen molar-refractivity contribution in [3.63, 3.8) is 0 Å². The van der Waals surface area contributed by atoms with Crippen molar-refractivity contribution < 1.29 is 17.5 Å². The Labute approximate surface area is 190 Å². The van der Waals surface area contributed by atoms with E-state index in [0.717, 1.165) is 43.6 Å². The number of pyridine rings is 1. The second kappa shape index (κ2) is 10.3. The van der Waals surface area contributed by atoms with Crippen LogP contribution in [0, 0.1) is 11.7 Å². The molecule has 1 saturated carbocycles. The number of nitrogens with one attached hydrogen (secondary N) is 1. The maximum Gasteiger partial charge on any atom is 0.208 e. The number of benzene rings is 1. The monoisotopic (exact) mass is 461 g/mol. The molecular weight excluding hydrogens is 429 g/mol. The van der Waals surface area contributed by atoms with Gasteiger partial charge in [0, 0.05) is 31.2 Å². The summed E-state index contributed by atoms with van der Waals surface area (Å²) in [6, 6.07) is 12.6. The highest BCUT2D eigenvalue weighted by molar-refractivity contribution is 7.88. The Morgan fingerprint density at radius 3 is 2.62 bits per heavy atom. The van der Waals surface area contributed by atoms with Crippen LogP contribution >= 0.6 is 0 Å². The minimum Gasteiger partial charge on any atom is -0.378 e. The van der Waals surface area contributed by atoms with E-state index in [1.807, 2.05) is 24.3 Å². The Hall–Kier alpha value is -2.03. The van der Waals surface area contributed by atoms with Crippen molar-refractivity contribution in [2.45, 2.75) is 50.2 Å².